The summed E-state index contributed by atoms with van der Waals surface area (Å²) in [6.45, 7) is 3.36. The number of carbonyl (C=O) groups excluding carboxylic acids is 1. The lowest BCUT2D eigenvalue weighted by Gasteiger charge is -2.19. The number of piperidine rings is 1. The van der Waals surface area contributed by atoms with Crippen LogP contribution in [0.15, 0.2) is 18.2 Å². The number of benzene rings is 1. The highest BCUT2D eigenvalue weighted by molar-refractivity contribution is 5.92. The standard InChI is InChI=1S/C17H21F2N5O2/c1-10(26-12-3-4-13(18)14(19)9-12)16(25)22-17-21-15(23-24(17)2)11-5-7-20-8-6-11/h3-4,9-11,20H,5-8H2,1-2H3,(H,21,22,23,25). The van der Waals surface area contributed by atoms with Gasteiger partial charge in [-0.25, -0.2) is 13.5 Å². The summed E-state index contributed by atoms with van der Waals surface area (Å²) < 4.78 is 33.1. The van der Waals surface area contributed by atoms with E-state index in [9.17, 15) is 13.6 Å². The second-order valence-electron chi connectivity index (χ2n) is 6.27. The summed E-state index contributed by atoms with van der Waals surface area (Å²) >= 11 is 0. The fourth-order valence-electron chi connectivity index (χ4n) is 2.79. The zero-order chi connectivity index (χ0) is 18.7. The Labute approximate surface area is 149 Å². The molecule has 1 aromatic heterocycles. The van der Waals surface area contributed by atoms with Crippen LogP contribution in [0.4, 0.5) is 14.7 Å². The van der Waals surface area contributed by atoms with Gasteiger partial charge in [0.05, 0.1) is 0 Å². The van der Waals surface area contributed by atoms with Gasteiger partial charge in [0, 0.05) is 19.0 Å². The molecule has 1 aliphatic heterocycles. The Morgan fingerprint density at radius 1 is 1.35 bits per heavy atom. The van der Waals surface area contributed by atoms with Crippen molar-refractivity contribution >= 4 is 11.9 Å². The predicted molar refractivity (Wildman–Crippen MR) is 90.9 cm³/mol. The van der Waals surface area contributed by atoms with E-state index >= 15 is 0 Å². The second-order valence-corrected chi connectivity index (χ2v) is 6.27. The number of anilines is 1. The van der Waals surface area contributed by atoms with Crippen molar-refractivity contribution < 1.29 is 18.3 Å². The molecule has 2 N–H and O–H groups in total. The number of amides is 1. The number of nitrogens with zero attached hydrogens (tertiary/aromatic N) is 3. The topological polar surface area (TPSA) is 81.1 Å². The van der Waals surface area contributed by atoms with E-state index in [1.807, 2.05) is 0 Å². The third-order valence-electron chi connectivity index (χ3n) is 4.29. The largest absolute Gasteiger partial charge is 0.481 e. The molecule has 0 spiro atoms. The number of halogens is 2. The summed E-state index contributed by atoms with van der Waals surface area (Å²) in [4.78, 5) is 16.7. The molecule has 1 saturated heterocycles. The van der Waals surface area contributed by atoms with Gasteiger partial charge in [0.25, 0.3) is 5.91 Å². The maximum Gasteiger partial charge on any atom is 0.267 e. The molecule has 140 valence electrons. The highest BCUT2D eigenvalue weighted by Gasteiger charge is 2.23. The zero-order valence-corrected chi connectivity index (χ0v) is 14.6. The molecule has 0 bridgehead atoms. The SMILES string of the molecule is CC(Oc1ccc(F)c(F)c1)C(=O)Nc1nc(C2CCNCC2)nn1C. The molecule has 26 heavy (non-hydrogen) atoms. The van der Waals surface area contributed by atoms with Crippen molar-refractivity contribution in [3.63, 3.8) is 0 Å². The summed E-state index contributed by atoms with van der Waals surface area (Å²) in [6.07, 6.45) is 0.985. The van der Waals surface area contributed by atoms with E-state index in [0.29, 0.717) is 11.8 Å². The maximum atomic E-state index is 13.2. The summed E-state index contributed by atoms with van der Waals surface area (Å²) in [5, 5.41) is 10.3. The number of hydrogen-bond acceptors (Lipinski definition) is 5. The van der Waals surface area contributed by atoms with Gasteiger partial charge in [0.15, 0.2) is 23.6 Å². The highest BCUT2D eigenvalue weighted by Crippen LogP contribution is 2.23. The molecule has 1 aromatic carbocycles. The van der Waals surface area contributed by atoms with Crippen molar-refractivity contribution in [1.29, 1.82) is 0 Å². The van der Waals surface area contributed by atoms with Crippen LogP contribution in [0.5, 0.6) is 5.75 Å². The van der Waals surface area contributed by atoms with Gasteiger partial charge >= 0.3 is 0 Å². The lowest BCUT2D eigenvalue weighted by Crippen LogP contribution is -2.31. The molecule has 1 atom stereocenters. The number of hydrogen-bond donors (Lipinski definition) is 2. The van der Waals surface area contributed by atoms with Crippen LogP contribution in [-0.2, 0) is 11.8 Å². The minimum atomic E-state index is -1.03. The van der Waals surface area contributed by atoms with Gasteiger partial charge in [-0.3, -0.25) is 10.1 Å². The first kappa shape index (κ1) is 18.2. The fourth-order valence-corrected chi connectivity index (χ4v) is 2.79. The van der Waals surface area contributed by atoms with Crippen molar-refractivity contribution in [3.8, 4) is 5.75 Å². The number of carbonyl (C=O) groups is 1. The van der Waals surface area contributed by atoms with Gasteiger partial charge < -0.3 is 10.1 Å². The normalized spacial score (nSPS) is 16.3. The van der Waals surface area contributed by atoms with Gasteiger partial charge in [-0.05, 0) is 45.0 Å². The number of aryl methyl sites for hydroxylation is 1. The molecule has 7 nitrogen and oxygen atoms in total. The Bertz CT molecular complexity index is 789. The van der Waals surface area contributed by atoms with Crippen LogP contribution in [0, 0.1) is 11.6 Å². The minimum Gasteiger partial charge on any atom is -0.481 e. The zero-order valence-electron chi connectivity index (χ0n) is 14.6. The highest BCUT2D eigenvalue weighted by atomic mass is 19.2. The molecule has 0 aliphatic carbocycles. The van der Waals surface area contributed by atoms with Gasteiger partial charge in [0.2, 0.25) is 5.95 Å². The van der Waals surface area contributed by atoms with Gasteiger partial charge in [0.1, 0.15) is 5.75 Å². The first-order valence-electron chi connectivity index (χ1n) is 8.48. The van der Waals surface area contributed by atoms with Crippen molar-refractivity contribution in [1.82, 2.24) is 20.1 Å². The van der Waals surface area contributed by atoms with Crippen molar-refractivity contribution in [2.75, 3.05) is 18.4 Å². The fraction of sp³-hybridized carbons (Fsp3) is 0.471. The van der Waals surface area contributed by atoms with E-state index in [2.05, 4.69) is 20.7 Å². The van der Waals surface area contributed by atoms with E-state index in [4.69, 9.17) is 4.74 Å². The average Bonchev–Trinajstić information content (AvgIpc) is 2.99. The van der Waals surface area contributed by atoms with Crippen LogP contribution in [0.1, 0.15) is 31.5 Å². The first-order chi connectivity index (χ1) is 12.4. The first-order valence-corrected chi connectivity index (χ1v) is 8.48. The third kappa shape index (κ3) is 4.16. The van der Waals surface area contributed by atoms with Gasteiger partial charge in [-0.1, -0.05) is 0 Å². The quantitative estimate of drug-likeness (QED) is 0.847. The van der Waals surface area contributed by atoms with Crippen LogP contribution in [0.3, 0.4) is 0 Å². The smallest absolute Gasteiger partial charge is 0.267 e. The predicted octanol–water partition coefficient (Wildman–Crippen LogP) is 1.97. The maximum absolute atomic E-state index is 13.2. The average molecular weight is 365 g/mol. The molecule has 9 heteroatoms. The molecule has 2 heterocycles. The lowest BCUT2D eigenvalue weighted by atomic mass is 9.98. The van der Waals surface area contributed by atoms with Crippen molar-refractivity contribution in [3.05, 3.63) is 35.7 Å². The summed E-state index contributed by atoms with van der Waals surface area (Å²) in [7, 11) is 1.70. The van der Waals surface area contributed by atoms with Crippen molar-refractivity contribution in [2.45, 2.75) is 31.8 Å². The molecule has 1 aliphatic rings. The Kier molecular flexibility index (Phi) is 5.46. The van der Waals surface area contributed by atoms with Crippen LogP contribution in [-0.4, -0.2) is 39.9 Å². The van der Waals surface area contributed by atoms with E-state index < -0.39 is 23.6 Å². The lowest BCUT2D eigenvalue weighted by molar-refractivity contribution is -0.122. The van der Waals surface area contributed by atoms with E-state index in [-0.39, 0.29) is 11.7 Å². The molecule has 0 radical (unpaired) electrons. The summed E-state index contributed by atoms with van der Waals surface area (Å²) in [5.41, 5.74) is 0. The Balaban J connectivity index is 1.63. The van der Waals surface area contributed by atoms with Crippen LogP contribution in [0.25, 0.3) is 0 Å². The van der Waals surface area contributed by atoms with Gasteiger partial charge in [-0.15, -0.1) is 0 Å². The molecule has 1 amide bonds. The third-order valence-corrected chi connectivity index (χ3v) is 4.29. The van der Waals surface area contributed by atoms with Crippen LogP contribution >= 0.6 is 0 Å². The molecule has 1 unspecified atom stereocenters. The number of aromatic nitrogens is 3. The van der Waals surface area contributed by atoms with Crippen LogP contribution in [0.2, 0.25) is 0 Å². The van der Waals surface area contributed by atoms with Crippen LogP contribution < -0.4 is 15.4 Å². The molecule has 3 rings (SSSR count). The number of ether oxygens (including phenoxy) is 1. The second kappa shape index (κ2) is 7.77. The number of rotatable bonds is 5. The van der Waals surface area contributed by atoms with Crippen molar-refractivity contribution in [2.24, 2.45) is 7.05 Å². The van der Waals surface area contributed by atoms with Gasteiger partial charge in [-0.2, -0.15) is 10.1 Å². The Morgan fingerprint density at radius 2 is 2.08 bits per heavy atom. The van der Waals surface area contributed by atoms with E-state index in [1.165, 1.54) is 17.7 Å². The summed E-state index contributed by atoms with van der Waals surface area (Å²) in [6, 6.07) is 3.11. The summed E-state index contributed by atoms with van der Waals surface area (Å²) in [5.74, 6) is -1.09. The molecule has 2 aromatic rings. The molecule has 0 saturated carbocycles. The molecular formula is C17H21F2N5O2. The Morgan fingerprint density at radius 3 is 2.77 bits per heavy atom. The van der Waals surface area contributed by atoms with E-state index in [0.717, 1.165) is 38.1 Å². The number of nitrogens with one attached hydrogen (secondary N) is 2. The minimum absolute atomic E-state index is 0.0694. The molecular weight excluding hydrogens is 344 g/mol. The van der Waals surface area contributed by atoms with E-state index in [1.54, 1.807) is 7.05 Å². The molecule has 1 fully saturated rings. The monoisotopic (exact) mass is 365 g/mol. The Hall–Kier alpha value is -2.55.